The van der Waals surface area contributed by atoms with Gasteiger partial charge in [0.1, 0.15) is 5.82 Å². The average Bonchev–Trinajstić information content (AvgIpc) is 2.68. The summed E-state index contributed by atoms with van der Waals surface area (Å²) in [6, 6.07) is 10.8. The molecule has 29 heavy (non-hydrogen) atoms. The molecular formula is C19H18FN3O6. The molecule has 2 amide bonds. The number of ether oxygens (including phenoxy) is 1. The predicted molar refractivity (Wildman–Crippen MR) is 100 cm³/mol. The second kappa shape index (κ2) is 9.93. The van der Waals surface area contributed by atoms with Crippen LogP contribution in [-0.4, -0.2) is 47.8 Å². The first-order chi connectivity index (χ1) is 13.8. The van der Waals surface area contributed by atoms with Crippen LogP contribution in [0.3, 0.4) is 0 Å². The monoisotopic (exact) mass is 403 g/mol. The van der Waals surface area contributed by atoms with Crippen molar-refractivity contribution in [1.82, 2.24) is 4.90 Å². The molecule has 0 fully saturated rings. The summed E-state index contributed by atoms with van der Waals surface area (Å²) in [5, 5.41) is 13.4. The number of rotatable bonds is 8. The van der Waals surface area contributed by atoms with Crippen molar-refractivity contribution in [2.45, 2.75) is 6.42 Å². The van der Waals surface area contributed by atoms with Crippen molar-refractivity contribution in [3.05, 3.63) is 70.0 Å². The molecule has 0 unspecified atom stereocenters. The molecule has 2 aromatic rings. The van der Waals surface area contributed by atoms with Crippen LogP contribution in [0.25, 0.3) is 0 Å². The van der Waals surface area contributed by atoms with Gasteiger partial charge in [-0.05, 0) is 24.3 Å². The van der Waals surface area contributed by atoms with Crippen LogP contribution in [0.2, 0.25) is 0 Å². The lowest BCUT2D eigenvalue weighted by atomic mass is 10.1. The van der Waals surface area contributed by atoms with E-state index in [1.807, 2.05) is 0 Å². The van der Waals surface area contributed by atoms with Crippen LogP contribution in [0.4, 0.5) is 15.8 Å². The van der Waals surface area contributed by atoms with E-state index in [0.29, 0.717) is 5.69 Å². The SMILES string of the molecule is CN(CC(=O)Nc1ccc(F)cc1)C(=O)COC(=O)Cc1ccccc1[N+](=O)[O-]. The Morgan fingerprint density at radius 2 is 1.79 bits per heavy atom. The molecule has 0 heterocycles. The van der Waals surface area contributed by atoms with Crippen LogP contribution in [0.15, 0.2) is 48.5 Å². The van der Waals surface area contributed by atoms with E-state index in [1.54, 1.807) is 6.07 Å². The Morgan fingerprint density at radius 3 is 2.45 bits per heavy atom. The van der Waals surface area contributed by atoms with E-state index in [4.69, 9.17) is 4.74 Å². The number of likely N-dealkylation sites (N-methyl/N-ethyl adjacent to an activating group) is 1. The lowest BCUT2D eigenvalue weighted by Crippen LogP contribution is -2.37. The Balaban J connectivity index is 1.80. The predicted octanol–water partition coefficient (Wildman–Crippen LogP) is 1.92. The fourth-order valence-corrected chi connectivity index (χ4v) is 2.33. The topological polar surface area (TPSA) is 119 Å². The highest BCUT2D eigenvalue weighted by atomic mass is 19.1. The summed E-state index contributed by atoms with van der Waals surface area (Å²) >= 11 is 0. The number of nitro benzene ring substituents is 1. The third-order valence-electron chi connectivity index (χ3n) is 3.81. The van der Waals surface area contributed by atoms with Crippen LogP contribution < -0.4 is 5.32 Å². The van der Waals surface area contributed by atoms with Crippen LogP contribution in [0, 0.1) is 15.9 Å². The number of hydrogen-bond acceptors (Lipinski definition) is 6. The zero-order valence-electron chi connectivity index (χ0n) is 15.5. The van der Waals surface area contributed by atoms with Gasteiger partial charge in [0.05, 0.1) is 17.9 Å². The van der Waals surface area contributed by atoms with E-state index < -0.39 is 35.1 Å². The Bertz CT molecular complexity index is 916. The van der Waals surface area contributed by atoms with Crippen molar-refractivity contribution in [2.24, 2.45) is 0 Å². The van der Waals surface area contributed by atoms with Gasteiger partial charge in [0.2, 0.25) is 5.91 Å². The molecule has 0 saturated heterocycles. The van der Waals surface area contributed by atoms with Gasteiger partial charge < -0.3 is 15.0 Å². The molecule has 0 radical (unpaired) electrons. The number of nitrogens with one attached hydrogen (secondary N) is 1. The van der Waals surface area contributed by atoms with Crippen molar-refractivity contribution in [3.8, 4) is 0 Å². The smallest absolute Gasteiger partial charge is 0.311 e. The molecule has 0 spiro atoms. The van der Waals surface area contributed by atoms with E-state index in [-0.39, 0.29) is 24.2 Å². The molecule has 0 bridgehead atoms. The van der Waals surface area contributed by atoms with E-state index in [9.17, 15) is 28.9 Å². The van der Waals surface area contributed by atoms with Gasteiger partial charge >= 0.3 is 5.97 Å². The summed E-state index contributed by atoms with van der Waals surface area (Å²) in [6.45, 7) is -0.919. The fraction of sp³-hybridized carbons (Fsp3) is 0.211. The molecule has 1 N–H and O–H groups in total. The second-order valence-corrected chi connectivity index (χ2v) is 6.03. The molecule has 0 aliphatic rings. The highest BCUT2D eigenvalue weighted by Gasteiger charge is 2.19. The number of amides is 2. The van der Waals surface area contributed by atoms with E-state index in [2.05, 4.69) is 5.32 Å². The average molecular weight is 403 g/mol. The number of nitrogens with zero attached hydrogens (tertiary/aromatic N) is 2. The van der Waals surface area contributed by atoms with E-state index in [0.717, 1.165) is 4.90 Å². The maximum absolute atomic E-state index is 12.8. The Kier molecular flexibility index (Phi) is 7.35. The minimum absolute atomic E-state index is 0.168. The summed E-state index contributed by atoms with van der Waals surface area (Å²) in [7, 11) is 1.35. The number of benzene rings is 2. The van der Waals surface area contributed by atoms with Gasteiger partial charge in [-0.25, -0.2) is 4.39 Å². The largest absolute Gasteiger partial charge is 0.455 e. The molecule has 2 rings (SSSR count). The molecule has 0 aliphatic carbocycles. The quantitative estimate of drug-likeness (QED) is 0.409. The molecule has 10 heteroatoms. The number of hydrogen-bond donors (Lipinski definition) is 1. The van der Waals surface area contributed by atoms with Crippen LogP contribution in [0.1, 0.15) is 5.56 Å². The number of nitro groups is 1. The molecule has 0 saturated carbocycles. The molecular weight excluding hydrogens is 385 g/mol. The minimum Gasteiger partial charge on any atom is -0.455 e. The van der Waals surface area contributed by atoms with E-state index >= 15 is 0 Å². The fourth-order valence-electron chi connectivity index (χ4n) is 2.33. The number of carbonyl (C=O) groups is 3. The number of para-hydroxylation sites is 1. The lowest BCUT2D eigenvalue weighted by molar-refractivity contribution is -0.385. The Morgan fingerprint density at radius 1 is 1.14 bits per heavy atom. The van der Waals surface area contributed by atoms with Gasteiger partial charge in [0.15, 0.2) is 6.61 Å². The summed E-state index contributed by atoms with van der Waals surface area (Å²) < 4.78 is 17.7. The zero-order valence-corrected chi connectivity index (χ0v) is 15.5. The van der Waals surface area contributed by atoms with Crippen molar-refractivity contribution < 1.29 is 28.4 Å². The van der Waals surface area contributed by atoms with Gasteiger partial charge in [0.25, 0.3) is 11.6 Å². The molecule has 0 aliphatic heterocycles. The molecule has 0 aromatic heterocycles. The van der Waals surface area contributed by atoms with Gasteiger partial charge in [-0.15, -0.1) is 0 Å². The maximum atomic E-state index is 12.8. The second-order valence-electron chi connectivity index (χ2n) is 6.03. The standard InChI is InChI=1S/C19H18FN3O6/c1-22(11-17(24)21-15-8-6-14(20)7-9-15)18(25)12-29-19(26)10-13-4-2-3-5-16(13)23(27)28/h2-9H,10-12H2,1H3,(H,21,24). The third kappa shape index (κ3) is 6.69. The van der Waals surface area contributed by atoms with Gasteiger partial charge in [-0.3, -0.25) is 24.5 Å². The number of carbonyl (C=O) groups excluding carboxylic acids is 3. The normalized spacial score (nSPS) is 10.1. The van der Waals surface area contributed by atoms with E-state index in [1.165, 1.54) is 49.5 Å². The first kappa shape index (κ1) is 21.5. The Hall–Kier alpha value is -3.82. The zero-order chi connectivity index (χ0) is 21.4. The summed E-state index contributed by atoms with van der Waals surface area (Å²) in [5.41, 5.74) is 0.320. The lowest BCUT2D eigenvalue weighted by Gasteiger charge is -2.16. The van der Waals surface area contributed by atoms with Gasteiger partial charge in [-0.2, -0.15) is 0 Å². The summed E-state index contributed by atoms with van der Waals surface area (Å²) in [5.74, 6) is -2.40. The van der Waals surface area contributed by atoms with Crippen molar-refractivity contribution in [1.29, 1.82) is 0 Å². The first-order valence-corrected chi connectivity index (χ1v) is 8.43. The van der Waals surface area contributed by atoms with Crippen LogP contribution in [-0.2, 0) is 25.5 Å². The van der Waals surface area contributed by atoms with Crippen LogP contribution >= 0.6 is 0 Å². The molecule has 2 aromatic carbocycles. The van der Waals surface area contributed by atoms with Gasteiger partial charge in [-0.1, -0.05) is 18.2 Å². The molecule has 152 valence electrons. The molecule has 9 nitrogen and oxygen atoms in total. The van der Waals surface area contributed by atoms with Crippen molar-refractivity contribution >= 4 is 29.2 Å². The summed E-state index contributed by atoms with van der Waals surface area (Å²) in [4.78, 5) is 47.2. The van der Waals surface area contributed by atoms with Crippen LogP contribution in [0.5, 0.6) is 0 Å². The van der Waals surface area contributed by atoms with Gasteiger partial charge in [0, 0.05) is 24.4 Å². The third-order valence-corrected chi connectivity index (χ3v) is 3.81. The van der Waals surface area contributed by atoms with Crippen molar-refractivity contribution in [3.63, 3.8) is 0 Å². The highest BCUT2D eigenvalue weighted by Crippen LogP contribution is 2.18. The first-order valence-electron chi connectivity index (χ1n) is 8.43. The number of halogens is 1. The number of esters is 1. The minimum atomic E-state index is -0.809. The maximum Gasteiger partial charge on any atom is 0.311 e. The summed E-state index contributed by atoms with van der Waals surface area (Å²) in [6.07, 6.45) is -0.362. The highest BCUT2D eigenvalue weighted by molar-refractivity contribution is 5.94. The van der Waals surface area contributed by atoms with Crippen molar-refractivity contribution in [2.75, 3.05) is 25.5 Å². The Labute approximate surface area is 165 Å². The molecule has 0 atom stereocenters. The number of anilines is 1.